The quantitative estimate of drug-likeness (QED) is 0.730. The molecule has 8 nitrogen and oxygen atoms in total. The van der Waals surface area contributed by atoms with Crippen LogP contribution in [0.15, 0.2) is 18.2 Å². The van der Waals surface area contributed by atoms with E-state index >= 15 is 0 Å². The summed E-state index contributed by atoms with van der Waals surface area (Å²) in [6.07, 6.45) is 1.81. The summed E-state index contributed by atoms with van der Waals surface area (Å²) >= 11 is 6.23. The van der Waals surface area contributed by atoms with Crippen molar-refractivity contribution in [2.75, 3.05) is 11.5 Å². The van der Waals surface area contributed by atoms with Crippen molar-refractivity contribution < 1.29 is 22.7 Å². The van der Waals surface area contributed by atoms with E-state index in [-0.39, 0.29) is 28.1 Å². The molecule has 1 saturated carbocycles. The molecule has 2 bridgehead atoms. The number of nitrogens with one attached hydrogen (secondary N) is 1. The Morgan fingerprint density at radius 3 is 2.81 bits per heavy atom. The maximum absolute atomic E-state index is 13.6. The van der Waals surface area contributed by atoms with Crippen LogP contribution in [0.2, 0.25) is 5.02 Å². The molecule has 1 aromatic carbocycles. The zero-order valence-electron chi connectivity index (χ0n) is 16.9. The Morgan fingerprint density at radius 2 is 2.13 bits per heavy atom. The maximum atomic E-state index is 13.6. The van der Waals surface area contributed by atoms with Crippen LogP contribution in [0.5, 0.6) is 0 Å². The minimum Gasteiger partial charge on any atom is -0.366 e. The fraction of sp³-hybridized carbons (Fsp3) is 0.619. The standard InChI is InChI=1S/C21H22ClN3O5S/c1-20-9-15(24-31(27,28)13-4-5-13)21(30-20)6-7-29-19-17(21)16(20)18(26)25(19)12-3-2-11(10-23)14(22)8-12/h2-3,8,13,15-17,19,24H,4-7,9H2,1H3/t15-,16+,17-,19-,20+,21-/m0/s1. The number of nitrogens with zero attached hydrogens (tertiary/aromatic N) is 2. The predicted molar refractivity (Wildman–Crippen MR) is 111 cm³/mol. The third-order valence-corrected chi connectivity index (χ3v) is 9.95. The van der Waals surface area contributed by atoms with E-state index in [1.165, 1.54) is 0 Å². The lowest BCUT2D eigenvalue weighted by Crippen LogP contribution is -2.62. The number of sulfonamides is 1. The second-order valence-corrected chi connectivity index (χ2v) is 11.9. The van der Waals surface area contributed by atoms with E-state index in [0.29, 0.717) is 43.5 Å². The average molecular weight is 464 g/mol. The van der Waals surface area contributed by atoms with Gasteiger partial charge in [-0.25, -0.2) is 13.1 Å². The molecule has 4 aliphatic heterocycles. The zero-order valence-corrected chi connectivity index (χ0v) is 18.4. The molecule has 6 rings (SSSR count). The molecule has 0 unspecified atom stereocenters. The van der Waals surface area contributed by atoms with E-state index in [4.69, 9.17) is 26.3 Å². The monoisotopic (exact) mass is 463 g/mol. The number of carbonyl (C=O) groups is 1. The summed E-state index contributed by atoms with van der Waals surface area (Å²) < 4.78 is 41.0. The van der Waals surface area contributed by atoms with Gasteiger partial charge in [0.1, 0.15) is 12.3 Å². The SMILES string of the molecule is C[C@@]12C[C@H](NS(=O)(=O)C3CC3)[C@]3(CCO[C@H]4[C@@H]3[C@@H]1C(=O)N4c1ccc(C#N)c(Cl)c1)O2. The first kappa shape index (κ1) is 19.9. The van der Waals surface area contributed by atoms with Crippen molar-refractivity contribution in [2.45, 2.75) is 61.3 Å². The minimum absolute atomic E-state index is 0.106. The second kappa shape index (κ2) is 6.21. The lowest BCUT2D eigenvalue weighted by atomic mass is 9.64. The average Bonchev–Trinajstić information content (AvgIpc) is 3.41. The molecule has 1 amide bonds. The number of halogens is 1. The Bertz CT molecular complexity index is 1150. The number of ether oxygens (including phenoxy) is 2. The molecule has 1 aliphatic carbocycles. The highest BCUT2D eigenvalue weighted by atomic mass is 35.5. The van der Waals surface area contributed by atoms with Crippen LogP contribution in [0.3, 0.4) is 0 Å². The molecule has 31 heavy (non-hydrogen) atoms. The van der Waals surface area contributed by atoms with Gasteiger partial charge in [-0.1, -0.05) is 11.6 Å². The summed E-state index contributed by atoms with van der Waals surface area (Å²) in [5, 5.41) is 9.12. The van der Waals surface area contributed by atoms with Gasteiger partial charge in [-0.15, -0.1) is 0 Å². The first-order valence-electron chi connectivity index (χ1n) is 10.6. The van der Waals surface area contributed by atoms with Crippen molar-refractivity contribution >= 4 is 33.2 Å². The van der Waals surface area contributed by atoms with Gasteiger partial charge >= 0.3 is 0 Å². The van der Waals surface area contributed by atoms with Crippen LogP contribution >= 0.6 is 11.6 Å². The van der Waals surface area contributed by atoms with Gasteiger partial charge in [0, 0.05) is 18.0 Å². The first-order chi connectivity index (χ1) is 14.7. The summed E-state index contributed by atoms with van der Waals surface area (Å²) in [5.74, 6) is -0.812. The fourth-order valence-corrected chi connectivity index (χ4v) is 8.12. The number of amides is 1. The Hall–Kier alpha value is -1.70. The van der Waals surface area contributed by atoms with Crippen LogP contribution in [0.4, 0.5) is 5.69 Å². The second-order valence-electron chi connectivity index (χ2n) is 9.49. The summed E-state index contributed by atoms with van der Waals surface area (Å²) in [4.78, 5) is 15.2. The first-order valence-corrected chi connectivity index (χ1v) is 12.5. The Balaban J connectivity index is 1.40. The van der Waals surface area contributed by atoms with Crippen molar-refractivity contribution in [1.82, 2.24) is 4.72 Å². The van der Waals surface area contributed by atoms with Gasteiger partial charge in [0.05, 0.1) is 45.6 Å². The molecular formula is C21H22ClN3O5S. The van der Waals surface area contributed by atoms with E-state index in [2.05, 4.69) is 4.72 Å². The number of carbonyl (C=O) groups excluding carboxylic acids is 1. The van der Waals surface area contributed by atoms with E-state index < -0.39 is 33.4 Å². The van der Waals surface area contributed by atoms with E-state index in [0.717, 1.165) is 0 Å². The van der Waals surface area contributed by atoms with Crippen LogP contribution in [-0.4, -0.2) is 49.7 Å². The third kappa shape index (κ3) is 2.57. The number of nitriles is 1. The number of hydrogen-bond acceptors (Lipinski definition) is 6. The number of fused-ring (bicyclic) bond motifs is 2. The smallest absolute Gasteiger partial charge is 0.235 e. The zero-order chi connectivity index (χ0) is 21.8. The van der Waals surface area contributed by atoms with Crippen LogP contribution in [0, 0.1) is 23.2 Å². The van der Waals surface area contributed by atoms with Crippen LogP contribution < -0.4 is 9.62 Å². The lowest BCUT2D eigenvalue weighted by molar-refractivity contribution is -0.143. The minimum atomic E-state index is -3.40. The Morgan fingerprint density at radius 1 is 1.35 bits per heavy atom. The van der Waals surface area contributed by atoms with Crippen LogP contribution in [0.25, 0.3) is 0 Å². The van der Waals surface area contributed by atoms with Crippen molar-refractivity contribution in [3.05, 3.63) is 28.8 Å². The summed E-state index contributed by atoms with van der Waals surface area (Å²) in [5.41, 5.74) is -0.632. The lowest BCUT2D eigenvalue weighted by Gasteiger charge is -2.45. The number of benzene rings is 1. The summed E-state index contributed by atoms with van der Waals surface area (Å²) in [6.45, 7) is 2.27. The molecule has 5 aliphatic rings. The van der Waals surface area contributed by atoms with Gasteiger partial charge in [-0.3, -0.25) is 9.69 Å². The number of anilines is 1. The molecule has 0 aromatic heterocycles. The Kier molecular flexibility index (Phi) is 3.99. The Labute approximate surface area is 185 Å². The fourth-order valence-electron chi connectivity index (χ4n) is 6.28. The van der Waals surface area contributed by atoms with Crippen molar-refractivity contribution in [3.8, 4) is 6.07 Å². The molecule has 6 atom stereocenters. The molecule has 10 heteroatoms. The topological polar surface area (TPSA) is 109 Å². The molecule has 0 radical (unpaired) electrons. The van der Waals surface area contributed by atoms with Gasteiger partial charge in [0.25, 0.3) is 0 Å². The van der Waals surface area contributed by atoms with E-state index in [9.17, 15) is 13.2 Å². The van der Waals surface area contributed by atoms with Gasteiger partial charge in [0.15, 0.2) is 0 Å². The largest absolute Gasteiger partial charge is 0.366 e. The van der Waals surface area contributed by atoms with Gasteiger partial charge in [0.2, 0.25) is 15.9 Å². The van der Waals surface area contributed by atoms with Gasteiger partial charge in [-0.05, 0) is 44.4 Å². The highest BCUT2D eigenvalue weighted by molar-refractivity contribution is 7.90. The highest BCUT2D eigenvalue weighted by Crippen LogP contribution is 2.65. The van der Waals surface area contributed by atoms with E-state index in [1.807, 2.05) is 13.0 Å². The molecule has 1 aromatic rings. The van der Waals surface area contributed by atoms with E-state index in [1.54, 1.807) is 23.1 Å². The third-order valence-electron chi connectivity index (χ3n) is 7.67. The molecule has 4 heterocycles. The normalized spacial score (nSPS) is 40.8. The van der Waals surface area contributed by atoms with Crippen molar-refractivity contribution in [3.63, 3.8) is 0 Å². The summed E-state index contributed by atoms with van der Waals surface area (Å²) in [6, 6.07) is 6.55. The summed E-state index contributed by atoms with van der Waals surface area (Å²) in [7, 11) is -3.40. The number of rotatable bonds is 4. The van der Waals surface area contributed by atoms with Crippen LogP contribution in [-0.2, 0) is 24.3 Å². The van der Waals surface area contributed by atoms with Gasteiger partial charge in [-0.2, -0.15) is 5.26 Å². The van der Waals surface area contributed by atoms with Crippen molar-refractivity contribution in [1.29, 1.82) is 5.26 Å². The van der Waals surface area contributed by atoms with Crippen LogP contribution in [0.1, 0.15) is 38.2 Å². The molecule has 1 spiro atoms. The molecular weight excluding hydrogens is 442 g/mol. The molecule has 5 fully saturated rings. The predicted octanol–water partition coefficient (Wildman–Crippen LogP) is 1.92. The molecule has 164 valence electrons. The highest BCUT2D eigenvalue weighted by Gasteiger charge is 2.78. The maximum Gasteiger partial charge on any atom is 0.235 e. The van der Waals surface area contributed by atoms with Crippen molar-refractivity contribution in [2.24, 2.45) is 11.8 Å². The number of hydrogen-bond donors (Lipinski definition) is 1. The molecule has 1 N–H and O–H groups in total. The van der Waals surface area contributed by atoms with Gasteiger partial charge < -0.3 is 9.47 Å². The molecule has 4 saturated heterocycles.